The molecule has 1 aliphatic rings. The van der Waals surface area contributed by atoms with Gasteiger partial charge in [-0.15, -0.1) is 0 Å². The van der Waals surface area contributed by atoms with E-state index in [0.29, 0.717) is 6.54 Å². The molecule has 2 N–H and O–H groups in total. The van der Waals surface area contributed by atoms with Gasteiger partial charge >= 0.3 is 6.09 Å². The lowest BCUT2D eigenvalue weighted by Gasteiger charge is -2.40. The molecule has 5 nitrogen and oxygen atoms in total. The van der Waals surface area contributed by atoms with E-state index in [2.05, 4.69) is 4.98 Å². The highest BCUT2D eigenvalue weighted by Crippen LogP contribution is 2.31. The summed E-state index contributed by atoms with van der Waals surface area (Å²) in [5.41, 5.74) is 6.69. The average molecular weight is 277 g/mol. The van der Waals surface area contributed by atoms with Crippen molar-refractivity contribution in [2.24, 2.45) is 5.73 Å². The first-order valence-electron chi connectivity index (χ1n) is 7.03. The van der Waals surface area contributed by atoms with Crippen LogP contribution < -0.4 is 5.73 Å². The zero-order valence-electron chi connectivity index (χ0n) is 12.4. The van der Waals surface area contributed by atoms with Gasteiger partial charge in [0.25, 0.3) is 0 Å². The second kappa shape index (κ2) is 5.79. The number of nitrogens with zero attached hydrogens (tertiary/aromatic N) is 2. The Morgan fingerprint density at radius 1 is 1.50 bits per heavy atom. The molecule has 110 valence electrons. The third-order valence-corrected chi connectivity index (χ3v) is 3.33. The molecule has 2 atom stereocenters. The van der Waals surface area contributed by atoms with E-state index >= 15 is 0 Å². The summed E-state index contributed by atoms with van der Waals surface area (Å²) in [6.45, 7) is 6.28. The van der Waals surface area contributed by atoms with Gasteiger partial charge in [0.05, 0.1) is 6.04 Å². The molecule has 1 aromatic heterocycles. The number of ether oxygens (including phenoxy) is 1. The van der Waals surface area contributed by atoms with Crippen molar-refractivity contribution in [2.75, 3.05) is 6.54 Å². The fraction of sp³-hybridized carbons (Fsp3) is 0.600. The van der Waals surface area contributed by atoms with Gasteiger partial charge in [0.1, 0.15) is 5.60 Å². The van der Waals surface area contributed by atoms with Crippen LogP contribution in [0, 0.1) is 0 Å². The van der Waals surface area contributed by atoms with Crippen LogP contribution in [0.15, 0.2) is 24.5 Å². The third-order valence-electron chi connectivity index (χ3n) is 3.33. The predicted octanol–water partition coefficient (Wildman–Crippen LogP) is 2.48. The minimum atomic E-state index is -0.502. The Kier molecular flexibility index (Phi) is 4.28. The van der Waals surface area contributed by atoms with Gasteiger partial charge < -0.3 is 10.5 Å². The van der Waals surface area contributed by atoms with Crippen LogP contribution in [0.4, 0.5) is 4.79 Å². The van der Waals surface area contributed by atoms with Crippen molar-refractivity contribution in [1.82, 2.24) is 9.88 Å². The van der Waals surface area contributed by atoms with E-state index in [0.717, 1.165) is 18.4 Å². The molecule has 0 aliphatic carbocycles. The van der Waals surface area contributed by atoms with Gasteiger partial charge in [-0.05, 0) is 45.2 Å². The Balaban J connectivity index is 2.23. The van der Waals surface area contributed by atoms with Gasteiger partial charge in [0.2, 0.25) is 0 Å². The molecule has 1 saturated heterocycles. The topological polar surface area (TPSA) is 68.5 Å². The molecule has 0 unspecified atom stereocenters. The molecule has 2 rings (SSSR count). The molecule has 1 aromatic rings. The zero-order chi connectivity index (χ0) is 14.8. The van der Waals surface area contributed by atoms with Gasteiger partial charge in [-0.3, -0.25) is 9.88 Å². The first kappa shape index (κ1) is 14.8. The Morgan fingerprint density at radius 3 is 2.85 bits per heavy atom. The van der Waals surface area contributed by atoms with Crippen molar-refractivity contribution in [3.05, 3.63) is 30.1 Å². The van der Waals surface area contributed by atoms with E-state index in [1.165, 1.54) is 0 Å². The molecular formula is C15H23N3O2. The lowest BCUT2D eigenvalue weighted by atomic mass is 9.92. The summed E-state index contributed by atoms with van der Waals surface area (Å²) in [4.78, 5) is 18.2. The number of carbonyl (C=O) groups excluding carboxylic acids is 1. The van der Waals surface area contributed by atoms with Crippen LogP contribution in [-0.4, -0.2) is 34.2 Å². The Hall–Kier alpha value is -1.62. The Morgan fingerprint density at radius 2 is 2.25 bits per heavy atom. The second-order valence-corrected chi connectivity index (χ2v) is 6.21. The highest BCUT2D eigenvalue weighted by molar-refractivity contribution is 5.69. The number of amides is 1. The van der Waals surface area contributed by atoms with Gasteiger partial charge in [0, 0.05) is 25.0 Å². The summed E-state index contributed by atoms with van der Waals surface area (Å²) in [5, 5.41) is 0. The van der Waals surface area contributed by atoms with Crippen LogP contribution >= 0.6 is 0 Å². The van der Waals surface area contributed by atoms with Crippen LogP contribution in [0.1, 0.15) is 45.2 Å². The van der Waals surface area contributed by atoms with Crippen molar-refractivity contribution in [2.45, 2.75) is 51.3 Å². The van der Waals surface area contributed by atoms with Crippen LogP contribution in [0.3, 0.4) is 0 Å². The lowest BCUT2D eigenvalue weighted by molar-refractivity contribution is 0.00642. The molecule has 0 radical (unpaired) electrons. The number of hydrogen-bond donors (Lipinski definition) is 1. The predicted molar refractivity (Wildman–Crippen MR) is 77.1 cm³/mol. The van der Waals surface area contributed by atoms with Crippen LogP contribution in [0.25, 0.3) is 0 Å². The third kappa shape index (κ3) is 3.48. The van der Waals surface area contributed by atoms with Gasteiger partial charge in [0.15, 0.2) is 0 Å². The standard InChI is InChI=1S/C15H23N3O2/c1-15(2,3)20-14(19)18-9-5-7-12(16)13(18)11-6-4-8-17-10-11/h4,6,8,10,12-13H,5,7,9,16H2,1-3H3/t12-,13-/m0/s1. The van der Waals surface area contributed by atoms with E-state index < -0.39 is 5.60 Å². The normalized spacial score (nSPS) is 23.5. The number of pyridine rings is 1. The molecule has 0 bridgehead atoms. The van der Waals surface area contributed by atoms with E-state index in [1.54, 1.807) is 17.3 Å². The smallest absolute Gasteiger partial charge is 0.410 e. The highest BCUT2D eigenvalue weighted by Gasteiger charge is 2.35. The largest absolute Gasteiger partial charge is 0.444 e. The SMILES string of the molecule is CC(C)(C)OC(=O)N1CCC[C@H](N)[C@@H]1c1cccnc1. The molecule has 2 heterocycles. The fourth-order valence-corrected chi connectivity index (χ4v) is 2.53. The number of nitrogens with two attached hydrogens (primary N) is 1. The molecule has 1 fully saturated rings. The van der Waals surface area contributed by atoms with Crippen molar-refractivity contribution < 1.29 is 9.53 Å². The number of piperidine rings is 1. The van der Waals surface area contributed by atoms with E-state index in [4.69, 9.17) is 10.5 Å². The molecular weight excluding hydrogens is 254 g/mol. The lowest BCUT2D eigenvalue weighted by Crippen LogP contribution is -2.49. The Labute approximate surface area is 120 Å². The second-order valence-electron chi connectivity index (χ2n) is 6.21. The summed E-state index contributed by atoms with van der Waals surface area (Å²) in [6.07, 6.45) is 4.99. The molecule has 0 aromatic carbocycles. The number of carbonyl (C=O) groups is 1. The molecule has 1 amide bonds. The number of aromatic nitrogens is 1. The summed E-state index contributed by atoms with van der Waals surface area (Å²) in [6, 6.07) is 3.58. The first-order valence-corrected chi connectivity index (χ1v) is 7.03. The van der Waals surface area contributed by atoms with Crippen molar-refractivity contribution in [1.29, 1.82) is 0 Å². The van der Waals surface area contributed by atoms with Gasteiger partial charge in [-0.1, -0.05) is 6.07 Å². The van der Waals surface area contributed by atoms with Crippen molar-refractivity contribution in [3.8, 4) is 0 Å². The maximum absolute atomic E-state index is 12.4. The van der Waals surface area contributed by atoms with Crippen LogP contribution in [-0.2, 0) is 4.74 Å². The first-order chi connectivity index (χ1) is 9.38. The minimum Gasteiger partial charge on any atom is -0.444 e. The van der Waals surface area contributed by atoms with Gasteiger partial charge in [-0.25, -0.2) is 4.79 Å². The monoisotopic (exact) mass is 277 g/mol. The zero-order valence-corrected chi connectivity index (χ0v) is 12.4. The molecule has 0 saturated carbocycles. The van der Waals surface area contributed by atoms with Crippen molar-refractivity contribution >= 4 is 6.09 Å². The van der Waals surface area contributed by atoms with Crippen LogP contribution in [0.2, 0.25) is 0 Å². The molecule has 5 heteroatoms. The number of hydrogen-bond acceptors (Lipinski definition) is 4. The minimum absolute atomic E-state index is 0.0829. The fourth-order valence-electron chi connectivity index (χ4n) is 2.53. The molecule has 0 spiro atoms. The highest BCUT2D eigenvalue weighted by atomic mass is 16.6. The van der Waals surface area contributed by atoms with Gasteiger partial charge in [-0.2, -0.15) is 0 Å². The van der Waals surface area contributed by atoms with E-state index in [1.807, 2.05) is 32.9 Å². The Bertz CT molecular complexity index is 456. The average Bonchev–Trinajstić information content (AvgIpc) is 2.37. The number of likely N-dealkylation sites (tertiary alicyclic amines) is 1. The maximum atomic E-state index is 12.4. The molecule has 20 heavy (non-hydrogen) atoms. The van der Waals surface area contributed by atoms with E-state index in [9.17, 15) is 4.79 Å². The quantitative estimate of drug-likeness (QED) is 0.856. The van der Waals surface area contributed by atoms with E-state index in [-0.39, 0.29) is 18.2 Å². The summed E-state index contributed by atoms with van der Waals surface area (Å²) in [5.74, 6) is 0. The van der Waals surface area contributed by atoms with Crippen LogP contribution in [0.5, 0.6) is 0 Å². The number of rotatable bonds is 1. The van der Waals surface area contributed by atoms with Crippen molar-refractivity contribution in [3.63, 3.8) is 0 Å². The summed E-state index contributed by atoms with van der Waals surface area (Å²) in [7, 11) is 0. The molecule has 1 aliphatic heterocycles. The summed E-state index contributed by atoms with van der Waals surface area (Å²) < 4.78 is 5.49. The summed E-state index contributed by atoms with van der Waals surface area (Å²) >= 11 is 0. The maximum Gasteiger partial charge on any atom is 0.410 e.